The van der Waals surface area contributed by atoms with Gasteiger partial charge in [0.25, 0.3) is 0 Å². The van der Waals surface area contributed by atoms with Crippen LogP contribution in [0.15, 0.2) is 42.6 Å². The van der Waals surface area contributed by atoms with Gasteiger partial charge in [-0.15, -0.1) is 0 Å². The van der Waals surface area contributed by atoms with E-state index in [2.05, 4.69) is 26.8 Å². The molecule has 1 saturated heterocycles. The van der Waals surface area contributed by atoms with Gasteiger partial charge in [-0.1, -0.05) is 12.1 Å². The summed E-state index contributed by atoms with van der Waals surface area (Å²) in [5.41, 5.74) is 7.68. The predicted molar refractivity (Wildman–Crippen MR) is 119 cm³/mol. The second kappa shape index (κ2) is 7.82. The molecule has 1 fully saturated rings. The lowest BCUT2D eigenvalue weighted by Gasteiger charge is -2.23. The molecule has 0 radical (unpaired) electrons. The first-order valence-electron chi connectivity index (χ1n) is 10.4. The number of hydrazine groups is 1. The van der Waals surface area contributed by atoms with E-state index in [0.29, 0.717) is 16.6 Å². The molecule has 31 heavy (non-hydrogen) atoms. The number of ether oxygens (including phenoxy) is 1. The van der Waals surface area contributed by atoms with Crippen LogP contribution in [-0.2, 0) is 11.2 Å². The van der Waals surface area contributed by atoms with Crippen molar-refractivity contribution in [3.05, 3.63) is 48.2 Å². The van der Waals surface area contributed by atoms with Gasteiger partial charge in [0.1, 0.15) is 0 Å². The molecule has 0 spiro atoms. The van der Waals surface area contributed by atoms with Crippen LogP contribution in [0.4, 0.5) is 26.7 Å². The zero-order valence-corrected chi connectivity index (χ0v) is 17.3. The van der Waals surface area contributed by atoms with Crippen LogP contribution in [0.1, 0.15) is 18.4 Å². The summed E-state index contributed by atoms with van der Waals surface area (Å²) >= 11 is 0. The molecule has 0 unspecified atom stereocenters. The molecule has 3 aromatic rings. The molecule has 3 heterocycles. The van der Waals surface area contributed by atoms with Crippen molar-refractivity contribution in [2.75, 3.05) is 42.0 Å². The average Bonchev–Trinajstić information content (AvgIpc) is 3.53. The first-order valence-corrected chi connectivity index (χ1v) is 10.4. The van der Waals surface area contributed by atoms with Crippen LogP contribution in [0, 0.1) is 0 Å². The first-order chi connectivity index (χ1) is 15.2. The molecule has 9 nitrogen and oxygen atoms in total. The zero-order chi connectivity index (χ0) is 21.4. The summed E-state index contributed by atoms with van der Waals surface area (Å²) in [5, 5.41) is 9.49. The third-order valence-corrected chi connectivity index (χ3v) is 5.90. The highest BCUT2D eigenvalue weighted by molar-refractivity contribution is 6.02. The number of hydrogen-bond acceptors (Lipinski definition) is 6. The monoisotopic (exact) mass is 420 g/mol. The van der Waals surface area contributed by atoms with E-state index in [4.69, 9.17) is 4.74 Å². The van der Waals surface area contributed by atoms with Gasteiger partial charge < -0.3 is 15.0 Å². The first kappa shape index (κ1) is 19.2. The highest BCUT2D eigenvalue weighted by Crippen LogP contribution is 2.36. The summed E-state index contributed by atoms with van der Waals surface area (Å²) in [7, 11) is 1.30. The number of benzene rings is 2. The number of carbonyl (C=O) groups excluding carboxylic acids is 2. The third-order valence-electron chi connectivity index (χ3n) is 5.90. The van der Waals surface area contributed by atoms with Gasteiger partial charge in [-0.05, 0) is 43.5 Å². The Morgan fingerprint density at radius 3 is 2.61 bits per heavy atom. The fourth-order valence-electron chi connectivity index (χ4n) is 4.45. The minimum absolute atomic E-state index is 0.349. The molecule has 5 rings (SSSR count). The summed E-state index contributed by atoms with van der Waals surface area (Å²) in [6, 6.07) is 11.2. The Morgan fingerprint density at radius 1 is 1.03 bits per heavy atom. The summed E-state index contributed by atoms with van der Waals surface area (Å²) in [5.74, 6) is 0. The zero-order valence-electron chi connectivity index (χ0n) is 17.3. The summed E-state index contributed by atoms with van der Waals surface area (Å²) < 4.78 is 5.91. The number of aromatic nitrogens is 2. The van der Waals surface area contributed by atoms with Crippen LogP contribution in [0.3, 0.4) is 0 Å². The van der Waals surface area contributed by atoms with E-state index in [1.165, 1.54) is 37.4 Å². The van der Waals surface area contributed by atoms with E-state index in [1.54, 1.807) is 18.2 Å². The van der Waals surface area contributed by atoms with Crippen molar-refractivity contribution in [3.8, 4) is 0 Å². The fourth-order valence-corrected chi connectivity index (χ4v) is 4.45. The van der Waals surface area contributed by atoms with Crippen LogP contribution in [-0.4, -0.2) is 48.6 Å². The minimum Gasteiger partial charge on any atom is -0.451 e. The molecule has 0 aliphatic carbocycles. The largest absolute Gasteiger partial charge is 0.451 e. The standard InChI is InChI=1S/C22H24N6O3/c1-31-22(30)28-20-9-4-6-17(16(20)14-23-28)24-21(29)25-27-13-10-15-18(7-5-8-19(15)27)26-11-2-3-12-26/h4-9,14H,2-3,10-13H2,1H3,(H2,24,25,29). The number of urea groups is 1. The van der Waals surface area contributed by atoms with Gasteiger partial charge >= 0.3 is 12.1 Å². The number of hydrogen-bond donors (Lipinski definition) is 2. The highest BCUT2D eigenvalue weighted by atomic mass is 16.5. The number of nitrogens with zero attached hydrogens (tertiary/aromatic N) is 4. The van der Waals surface area contributed by atoms with Gasteiger partial charge in [0.2, 0.25) is 0 Å². The SMILES string of the molecule is COC(=O)n1ncc2c(NC(=O)NN3CCc4c(N5CCCC5)cccc43)cccc21. The Morgan fingerprint density at radius 2 is 1.81 bits per heavy atom. The molecule has 2 aliphatic rings. The average molecular weight is 420 g/mol. The molecule has 1 aromatic heterocycles. The summed E-state index contributed by atoms with van der Waals surface area (Å²) in [6.07, 6.45) is 4.30. The van der Waals surface area contributed by atoms with Crippen molar-refractivity contribution >= 4 is 40.1 Å². The molecule has 2 amide bonds. The number of carbonyl (C=O) groups is 2. The van der Waals surface area contributed by atoms with Crippen molar-refractivity contribution in [2.45, 2.75) is 19.3 Å². The van der Waals surface area contributed by atoms with Crippen LogP contribution in [0.25, 0.3) is 10.9 Å². The Hall–Kier alpha value is -3.75. The second-order valence-electron chi connectivity index (χ2n) is 7.70. The molecule has 0 saturated carbocycles. The Kier molecular flexibility index (Phi) is 4.85. The fraction of sp³-hybridized carbons (Fsp3) is 0.318. The van der Waals surface area contributed by atoms with E-state index in [1.807, 2.05) is 17.1 Å². The number of rotatable bonds is 3. The lowest BCUT2D eigenvalue weighted by Crippen LogP contribution is -2.43. The smallest absolute Gasteiger partial charge is 0.434 e. The van der Waals surface area contributed by atoms with Crippen LogP contribution >= 0.6 is 0 Å². The van der Waals surface area contributed by atoms with Gasteiger partial charge in [-0.3, -0.25) is 5.01 Å². The molecular formula is C22H24N6O3. The van der Waals surface area contributed by atoms with E-state index in [0.717, 1.165) is 36.4 Å². The van der Waals surface area contributed by atoms with E-state index >= 15 is 0 Å². The number of anilines is 3. The molecular weight excluding hydrogens is 396 g/mol. The van der Waals surface area contributed by atoms with Gasteiger partial charge in [0.05, 0.1) is 30.2 Å². The van der Waals surface area contributed by atoms with Crippen LogP contribution in [0.5, 0.6) is 0 Å². The summed E-state index contributed by atoms with van der Waals surface area (Å²) in [6.45, 7) is 2.90. The normalized spacial score (nSPS) is 15.3. The minimum atomic E-state index is -0.584. The van der Waals surface area contributed by atoms with Crippen molar-refractivity contribution in [1.82, 2.24) is 15.2 Å². The highest BCUT2D eigenvalue weighted by Gasteiger charge is 2.26. The van der Waals surface area contributed by atoms with E-state index in [-0.39, 0.29) is 6.03 Å². The van der Waals surface area contributed by atoms with Crippen molar-refractivity contribution < 1.29 is 14.3 Å². The quantitative estimate of drug-likeness (QED) is 0.675. The molecule has 0 bridgehead atoms. The number of fused-ring (bicyclic) bond motifs is 2. The molecule has 0 atom stereocenters. The molecule has 2 aliphatic heterocycles. The lowest BCUT2D eigenvalue weighted by molar-refractivity contribution is 0.170. The van der Waals surface area contributed by atoms with Gasteiger partial charge in [0.15, 0.2) is 0 Å². The predicted octanol–water partition coefficient (Wildman–Crippen LogP) is 3.35. The maximum absolute atomic E-state index is 12.8. The van der Waals surface area contributed by atoms with E-state index < -0.39 is 6.09 Å². The van der Waals surface area contributed by atoms with E-state index in [9.17, 15) is 9.59 Å². The molecule has 2 aromatic carbocycles. The van der Waals surface area contributed by atoms with Gasteiger partial charge in [-0.2, -0.15) is 9.78 Å². The Labute approximate surface area is 179 Å². The lowest BCUT2D eigenvalue weighted by atomic mass is 10.1. The summed E-state index contributed by atoms with van der Waals surface area (Å²) in [4.78, 5) is 27.1. The number of nitrogens with one attached hydrogen (secondary N) is 2. The Balaban J connectivity index is 1.33. The third kappa shape index (κ3) is 3.41. The van der Waals surface area contributed by atoms with Crippen LogP contribution < -0.4 is 20.7 Å². The second-order valence-corrected chi connectivity index (χ2v) is 7.70. The van der Waals surface area contributed by atoms with Crippen LogP contribution in [0.2, 0.25) is 0 Å². The van der Waals surface area contributed by atoms with Crippen molar-refractivity contribution in [1.29, 1.82) is 0 Å². The van der Waals surface area contributed by atoms with Crippen molar-refractivity contribution in [2.24, 2.45) is 0 Å². The van der Waals surface area contributed by atoms with Gasteiger partial charge in [0, 0.05) is 36.3 Å². The van der Waals surface area contributed by atoms with Gasteiger partial charge in [-0.25, -0.2) is 15.0 Å². The molecule has 2 N–H and O–H groups in total. The maximum Gasteiger partial charge on any atom is 0.434 e. The Bertz CT molecular complexity index is 1150. The number of amides is 2. The molecule has 160 valence electrons. The molecule has 9 heteroatoms. The topological polar surface area (TPSA) is 91.7 Å². The number of methoxy groups -OCH3 is 1. The van der Waals surface area contributed by atoms with Crippen molar-refractivity contribution in [3.63, 3.8) is 0 Å². The maximum atomic E-state index is 12.8.